The summed E-state index contributed by atoms with van der Waals surface area (Å²) in [6, 6.07) is 11.2. The monoisotopic (exact) mass is 542 g/mol. The van der Waals surface area contributed by atoms with Gasteiger partial charge in [0.2, 0.25) is 0 Å². The fourth-order valence-corrected chi connectivity index (χ4v) is 5.84. The molecule has 4 rings (SSSR count). The van der Waals surface area contributed by atoms with Gasteiger partial charge < -0.3 is 24.4 Å². The van der Waals surface area contributed by atoms with Crippen molar-refractivity contribution in [3.8, 4) is 0 Å². The van der Waals surface area contributed by atoms with Gasteiger partial charge in [-0.1, -0.05) is 45.0 Å². The molecule has 0 saturated heterocycles. The summed E-state index contributed by atoms with van der Waals surface area (Å²) in [5.41, 5.74) is 4.68. The van der Waals surface area contributed by atoms with Crippen molar-refractivity contribution in [1.29, 1.82) is 0 Å². The second-order valence-electron chi connectivity index (χ2n) is 10.1. The van der Waals surface area contributed by atoms with Crippen LogP contribution in [0.2, 0.25) is 0 Å². The molecule has 1 atom stereocenters. The molecule has 1 aromatic heterocycles. The van der Waals surface area contributed by atoms with Crippen LogP contribution >= 0.6 is 7.60 Å². The number of nitrogens with one attached hydrogen (secondary N) is 2. The maximum Gasteiger partial charge on any atom is 0.435 e. The fourth-order valence-electron chi connectivity index (χ4n) is 4.56. The van der Waals surface area contributed by atoms with Gasteiger partial charge in [0.25, 0.3) is 0 Å². The van der Waals surface area contributed by atoms with Gasteiger partial charge >= 0.3 is 19.7 Å². The smallest absolute Gasteiger partial charge is 0.435 e. The molecule has 2 aromatic carbocycles. The SMILES string of the molecule is CCOP(=O)(COC(=O)n1ncc2c(NC(=O)N[C@@H]3CCc4cc(C(C)(C)C)ccc43)cccc21)OCC. The van der Waals surface area contributed by atoms with E-state index in [4.69, 9.17) is 13.8 Å². The van der Waals surface area contributed by atoms with Crippen molar-refractivity contribution in [1.82, 2.24) is 15.1 Å². The molecule has 2 N–H and O–H groups in total. The number of rotatable bonds is 8. The van der Waals surface area contributed by atoms with Crippen LogP contribution in [0.1, 0.15) is 63.8 Å². The molecule has 3 aromatic rings. The Bertz CT molecular complexity index is 1370. The van der Waals surface area contributed by atoms with Gasteiger partial charge in [-0.25, -0.2) is 9.59 Å². The second kappa shape index (κ2) is 11.3. The number of carbonyl (C=O) groups excluding carboxylic acids is 2. The molecule has 11 heteroatoms. The number of aromatic nitrogens is 2. The van der Waals surface area contributed by atoms with Crippen molar-refractivity contribution in [2.45, 2.75) is 58.9 Å². The third-order valence-electron chi connectivity index (χ3n) is 6.42. The van der Waals surface area contributed by atoms with E-state index in [0.717, 1.165) is 23.1 Å². The van der Waals surface area contributed by atoms with E-state index in [1.807, 2.05) is 0 Å². The Balaban J connectivity index is 1.44. The zero-order chi connectivity index (χ0) is 27.5. The van der Waals surface area contributed by atoms with E-state index in [1.54, 1.807) is 32.0 Å². The molecule has 1 aliphatic carbocycles. The molecule has 38 heavy (non-hydrogen) atoms. The lowest BCUT2D eigenvalue weighted by atomic mass is 9.85. The summed E-state index contributed by atoms with van der Waals surface area (Å²) >= 11 is 0. The Morgan fingerprint density at radius 2 is 1.87 bits per heavy atom. The topological polar surface area (TPSA) is 121 Å². The average Bonchev–Trinajstić information content (AvgIpc) is 3.47. The van der Waals surface area contributed by atoms with E-state index < -0.39 is 20.0 Å². The summed E-state index contributed by atoms with van der Waals surface area (Å²) in [7, 11) is -3.56. The second-order valence-corrected chi connectivity index (χ2v) is 12.1. The van der Waals surface area contributed by atoms with Gasteiger partial charge in [-0.3, -0.25) is 4.57 Å². The lowest BCUT2D eigenvalue weighted by Crippen LogP contribution is -2.31. The number of hydrogen-bond acceptors (Lipinski definition) is 7. The summed E-state index contributed by atoms with van der Waals surface area (Å²) in [6.45, 7) is 10.2. The van der Waals surface area contributed by atoms with Gasteiger partial charge in [-0.05, 0) is 60.9 Å². The zero-order valence-corrected chi connectivity index (χ0v) is 23.3. The molecule has 0 unspecified atom stereocenters. The number of ether oxygens (including phenoxy) is 1. The van der Waals surface area contributed by atoms with Crippen LogP contribution in [0.3, 0.4) is 0 Å². The highest BCUT2D eigenvalue weighted by Crippen LogP contribution is 2.48. The van der Waals surface area contributed by atoms with Gasteiger partial charge in [0, 0.05) is 5.39 Å². The molecular formula is C27H35N4O6P. The van der Waals surface area contributed by atoms with Crippen molar-refractivity contribution in [3.05, 3.63) is 59.3 Å². The number of aryl methyl sites for hydroxylation is 1. The first-order valence-corrected chi connectivity index (χ1v) is 14.5. The molecule has 1 heterocycles. The zero-order valence-electron chi connectivity index (χ0n) is 22.4. The summed E-state index contributed by atoms with van der Waals surface area (Å²) in [6.07, 6.45) is 1.84. The quantitative estimate of drug-likeness (QED) is 0.318. The molecule has 0 spiro atoms. The first-order valence-electron chi connectivity index (χ1n) is 12.8. The predicted molar refractivity (Wildman–Crippen MR) is 146 cm³/mol. The number of nitrogens with zero attached hydrogens (tertiary/aromatic N) is 2. The molecule has 2 amide bonds. The average molecular weight is 543 g/mol. The number of anilines is 1. The first kappa shape index (κ1) is 27.8. The minimum absolute atomic E-state index is 0.0691. The maximum absolute atomic E-state index is 12.9. The van der Waals surface area contributed by atoms with Crippen molar-refractivity contribution in [2.24, 2.45) is 0 Å². The van der Waals surface area contributed by atoms with Crippen molar-refractivity contribution >= 4 is 36.3 Å². The number of fused-ring (bicyclic) bond motifs is 2. The molecule has 0 aliphatic heterocycles. The number of urea groups is 1. The van der Waals surface area contributed by atoms with Crippen LogP contribution < -0.4 is 10.6 Å². The van der Waals surface area contributed by atoms with Crippen LogP contribution in [0.4, 0.5) is 15.3 Å². The Morgan fingerprint density at radius 3 is 2.55 bits per heavy atom. The van der Waals surface area contributed by atoms with Crippen LogP contribution in [0, 0.1) is 0 Å². The number of carbonyl (C=O) groups is 2. The Kier molecular flexibility index (Phi) is 8.25. The third-order valence-corrected chi connectivity index (χ3v) is 8.17. The number of amides is 2. The van der Waals surface area contributed by atoms with Gasteiger partial charge in [-0.2, -0.15) is 9.78 Å². The molecule has 1 aliphatic rings. The van der Waals surface area contributed by atoms with Crippen molar-refractivity contribution in [2.75, 3.05) is 24.9 Å². The molecule has 204 valence electrons. The molecule has 10 nitrogen and oxygen atoms in total. The van der Waals surface area contributed by atoms with Crippen LogP contribution in [0.25, 0.3) is 10.9 Å². The Morgan fingerprint density at radius 1 is 1.13 bits per heavy atom. The fraction of sp³-hybridized carbons (Fsp3) is 0.444. The number of hydrogen-bond donors (Lipinski definition) is 2. The van der Waals surface area contributed by atoms with Crippen molar-refractivity contribution < 1.29 is 27.9 Å². The highest BCUT2D eigenvalue weighted by Gasteiger charge is 2.28. The first-order chi connectivity index (χ1) is 18.0. The third kappa shape index (κ3) is 6.09. The Hall–Kier alpha value is -3.20. The lowest BCUT2D eigenvalue weighted by molar-refractivity contribution is 0.141. The molecule has 0 saturated carbocycles. The van der Waals surface area contributed by atoms with Gasteiger partial charge in [0.05, 0.1) is 36.7 Å². The van der Waals surface area contributed by atoms with Gasteiger partial charge in [0.15, 0.2) is 6.35 Å². The van der Waals surface area contributed by atoms with Crippen LogP contribution in [-0.2, 0) is 30.2 Å². The van der Waals surface area contributed by atoms with E-state index >= 15 is 0 Å². The molecule has 0 bridgehead atoms. The van der Waals surface area contributed by atoms with Gasteiger partial charge in [-0.15, -0.1) is 0 Å². The largest absolute Gasteiger partial charge is 0.435 e. The van der Waals surface area contributed by atoms with E-state index in [-0.39, 0.29) is 30.7 Å². The van der Waals surface area contributed by atoms with Gasteiger partial charge in [0.1, 0.15) is 0 Å². The highest BCUT2D eigenvalue weighted by atomic mass is 31.2. The normalized spacial score (nSPS) is 15.3. The Labute approximate surface area is 222 Å². The summed E-state index contributed by atoms with van der Waals surface area (Å²) in [5, 5.41) is 10.6. The summed E-state index contributed by atoms with van der Waals surface area (Å²) in [5.74, 6) is 0. The lowest BCUT2D eigenvalue weighted by Gasteiger charge is -2.21. The van der Waals surface area contributed by atoms with E-state index in [9.17, 15) is 14.2 Å². The van der Waals surface area contributed by atoms with E-state index in [1.165, 1.54) is 17.3 Å². The number of benzene rings is 2. The summed E-state index contributed by atoms with van der Waals surface area (Å²) in [4.78, 5) is 25.6. The maximum atomic E-state index is 12.9. The van der Waals surface area contributed by atoms with Crippen molar-refractivity contribution in [3.63, 3.8) is 0 Å². The predicted octanol–water partition coefficient (Wildman–Crippen LogP) is 6.35. The van der Waals surface area contributed by atoms with Crippen LogP contribution in [0.5, 0.6) is 0 Å². The highest BCUT2D eigenvalue weighted by molar-refractivity contribution is 7.53. The van der Waals surface area contributed by atoms with Crippen LogP contribution in [0.15, 0.2) is 42.6 Å². The van der Waals surface area contributed by atoms with E-state index in [0.29, 0.717) is 16.6 Å². The minimum atomic E-state index is -3.56. The van der Waals surface area contributed by atoms with Crippen LogP contribution in [-0.4, -0.2) is 41.5 Å². The molecule has 0 radical (unpaired) electrons. The summed E-state index contributed by atoms with van der Waals surface area (Å²) < 4.78 is 29.1. The standard InChI is InChI=1S/C27H35N4O6P/c1-6-36-38(34,37-7-2)17-35-26(33)31-24-10-8-9-22(21(24)16-28-31)29-25(32)30-23-14-11-18-15-19(27(3,4)5)12-13-20(18)23/h8-10,12-13,15-16,23H,6-7,11,14,17H2,1-5H3,(H2,29,30,32)/t23-/m1/s1. The minimum Gasteiger partial charge on any atom is -0.435 e. The van der Waals surface area contributed by atoms with E-state index in [2.05, 4.69) is 54.7 Å². The molecular weight excluding hydrogens is 507 g/mol. The molecule has 0 fully saturated rings.